The minimum Gasteiger partial charge on any atom is -0.481 e. The third-order valence-electron chi connectivity index (χ3n) is 2.79. The maximum Gasteiger partial charge on any atom is 0.333 e. The lowest BCUT2D eigenvalue weighted by atomic mass is 10.1. The first-order valence-corrected chi connectivity index (χ1v) is 16.8. The molecule has 0 fully saturated rings. The van der Waals surface area contributed by atoms with Gasteiger partial charge < -0.3 is 18.1 Å². The molecule has 0 heterocycles. The molecule has 0 aliphatic rings. The van der Waals surface area contributed by atoms with Crippen LogP contribution in [0.3, 0.4) is 0 Å². The molecule has 0 aliphatic carbocycles. The maximum atomic E-state index is 11.6. The molecule has 0 aliphatic heterocycles. The second-order valence-corrected chi connectivity index (χ2v) is 19.4. The van der Waals surface area contributed by atoms with Crippen LogP contribution >= 0.6 is 0 Å². The number of allylic oxidation sites excluding steroid dienone is 1. The zero-order valence-electron chi connectivity index (χ0n) is 16.0. The SMILES string of the molecule is COC(=O)C(=CCCC[SiH](O[Si](C)(C)C)O[Si](C)(C)C)CC(=O)O. The van der Waals surface area contributed by atoms with Crippen molar-refractivity contribution >= 4 is 37.9 Å². The van der Waals surface area contributed by atoms with Crippen molar-refractivity contribution in [2.24, 2.45) is 0 Å². The number of carbonyl (C=O) groups excluding carboxylic acids is 1. The number of aliphatic carboxylic acids is 1. The topological polar surface area (TPSA) is 82.1 Å². The quantitative estimate of drug-likeness (QED) is 0.251. The van der Waals surface area contributed by atoms with Crippen molar-refractivity contribution in [3.63, 3.8) is 0 Å². The van der Waals surface area contributed by atoms with E-state index < -0.39 is 37.9 Å². The summed E-state index contributed by atoms with van der Waals surface area (Å²) in [6.45, 7) is 12.9. The zero-order valence-corrected chi connectivity index (χ0v) is 19.1. The summed E-state index contributed by atoms with van der Waals surface area (Å²) < 4.78 is 17.1. The predicted octanol–water partition coefficient (Wildman–Crippen LogP) is 3.26. The van der Waals surface area contributed by atoms with Gasteiger partial charge in [0.15, 0.2) is 16.6 Å². The molecule has 0 saturated carbocycles. The zero-order chi connectivity index (χ0) is 19.0. The van der Waals surface area contributed by atoms with Crippen molar-refractivity contribution in [1.82, 2.24) is 0 Å². The molecule has 0 aromatic rings. The highest BCUT2D eigenvalue weighted by Crippen LogP contribution is 2.17. The summed E-state index contributed by atoms with van der Waals surface area (Å²) in [5, 5.41) is 8.86. The van der Waals surface area contributed by atoms with E-state index in [4.69, 9.17) is 13.3 Å². The molecule has 0 rings (SSSR count). The molecule has 6 nitrogen and oxygen atoms in total. The lowest BCUT2D eigenvalue weighted by molar-refractivity contribution is -0.141. The molecular formula is C15H32O6Si3. The van der Waals surface area contributed by atoms with Gasteiger partial charge in [0.25, 0.3) is 0 Å². The fourth-order valence-corrected chi connectivity index (χ4v) is 10.5. The van der Waals surface area contributed by atoms with Crippen LogP contribution < -0.4 is 0 Å². The van der Waals surface area contributed by atoms with Gasteiger partial charge in [0.1, 0.15) is 0 Å². The van der Waals surface area contributed by atoms with Crippen LogP contribution in [0.15, 0.2) is 11.6 Å². The van der Waals surface area contributed by atoms with Crippen LogP contribution in [0, 0.1) is 0 Å². The predicted molar refractivity (Wildman–Crippen MR) is 102 cm³/mol. The van der Waals surface area contributed by atoms with Gasteiger partial charge in [-0.05, 0) is 58.2 Å². The summed E-state index contributed by atoms with van der Waals surface area (Å²) in [5.41, 5.74) is 0.195. The molecule has 0 amide bonds. The van der Waals surface area contributed by atoms with Crippen molar-refractivity contribution in [2.45, 2.75) is 64.6 Å². The molecular weight excluding hydrogens is 360 g/mol. The highest BCUT2D eigenvalue weighted by Gasteiger charge is 2.28. The molecule has 0 aromatic carbocycles. The number of methoxy groups -OCH3 is 1. The van der Waals surface area contributed by atoms with Gasteiger partial charge in [-0.25, -0.2) is 4.79 Å². The molecule has 0 spiro atoms. The summed E-state index contributed by atoms with van der Waals surface area (Å²) in [4.78, 5) is 22.4. The van der Waals surface area contributed by atoms with Crippen LogP contribution in [0.25, 0.3) is 0 Å². The number of unbranched alkanes of at least 4 members (excludes halogenated alkanes) is 1. The van der Waals surface area contributed by atoms with E-state index in [1.165, 1.54) is 7.11 Å². The summed E-state index contributed by atoms with van der Waals surface area (Å²) in [7, 11) is -3.80. The smallest absolute Gasteiger partial charge is 0.333 e. The highest BCUT2D eigenvalue weighted by atomic mass is 28.4. The van der Waals surface area contributed by atoms with Crippen molar-refractivity contribution in [3.8, 4) is 0 Å². The number of hydrogen-bond acceptors (Lipinski definition) is 5. The Morgan fingerprint density at radius 3 is 1.92 bits per heavy atom. The number of carboxylic acids is 1. The standard InChI is InChI=1S/C15H32O6Si3/c1-19-15(18)13(12-14(16)17)10-8-9-11-22(20-23(2,3)4)21-24(5,6)7/h10,22H,8-9,11-12H2,1-7H3,(H,16,17). The van der Waals surface area contributed by atoms with Crippen LogP contribution in [0.4, 0.5) is 0 Å². The Labute approximate surface area is 149 Å². The largest absolute Gasteiger partial charge is 0.481 e. The summed E-state index contributed by atoms with van der Waals surface area (Å²) in [6, 6.07) is 0.854. The monoisotopic (exact) mass is 392 g/mol. The Morgan fingerprint density at radius 1 is 1.04 bits per heavy atom. The number of rotatable bonds is 11. The first-order chi connectivity index (χ1) is 10.8. The molecule has 1 N–H and O–H groups in total. The fraction of sp³-hybridized carbons (Fsp3) is 0.733. The third kappa shape index (κ3) is 12.6. The van der Waals surface area contributed by atoms with E-state index in [9.17, 15) is 9.59 Å². The van der Waals surface area contributed by atoms with Crippen molar-refractivity contribution in [3.05, 3.63) is 11.6 Å². The van der Waals surface area contributed by atoms with Gasteiger partial charge >= 0.3 is 21.2 Å². The van der Waals surface area contributed by atoms with Crippen LogP contribution in [-0.2, 0) is 22.6 Å². The average molecular weight is 393 g/mol. The van der Waals surface area contributed by atoms with Gasteiger partial charge in [0.05, 0.1) is 13.5 Å². The third-order valence-corrected chi connectivity index (χ3v) is 11.4. The Bertz CT molecular complexity index is 435. The Morgan fingerprint density at radius 2 is 1.54 bits per heavy atom. The number of carboxylic acid groups (broad SMARTS) is 1. The van der Waals surface area contributed by atoms with Crippen molar-refractivity contribution < 1.29 is 27.7 Å². The fourth-order valence-electron chi connectivity index (χ4n) is 2.01. The molecule has 140 valence electrons. The van der Waals surface area contributed by atoms with E-state index in [2.05, 4.69) is 44.0 Å². The molecule has 0 radical (unpaired) electrons. The van der Waals surface area contributed by atoms with Crippen LogP contribution in [0.2, 0.25) is 45.3 Å². The van der Waals surface area contributed by atoms with E-state index in [0.29, 0.717) is 6.42 Å². The summed E-state index contributed by atoms with van der Waals surface area (Å²) in [5.74, 6) is -1.62. The Kier molecular flexibility index (Phi) is 9.97. The second-order valence-electron chi connectivity index (χ2n) is 7.61. The number of ether oxygens (including phenoxy) is 1. The second kappa shape index (κ2) is 10.3. The normalized spacial score (nSPS) is 13.2. The van der Waals surface area contributed by atoms with Crippen LogP contribution in [0.5, 0.6) is 0 Å². The summed E-state index contributed by atoms with van der Waals surface area (Å²) in [6.07, 6.45) is 2.77. The first-order valence-electron chi connectivity index (χ1n) is 8.19. The highest BCUT2D eigenvalue weighted by molar-refractivity contribution is 6.81. The minimum atomic E-state index is -1.75. The van der Waals surface area contributed by atoms with E-state index in [1.54, 1.807) is 6.08 Å². The van der Waals surface area contributed by atoms with Crippen LogP contribution in [0.1, 0.15) is 19.3 Å². The van der Waals surface area contributed by atoms with E-state index in [0.717, 1.165) is 12.5 Å². The molecule has 0 aromatic heterocycles. The molecule has 24 heavy (non-hydrogen) atoms. The molecule has 0 atom stereocenters. The molecule has 0 bridgehead atoms. The lowest BCUT2D eigenvalue weighted by Gasteiger charge is -2.30. The molecule has 9 heteroatoms. The van der Waals surface area contributed by atoms with Gasteiger partial charge in [0.2, 0.25) is 0 Å². The Hall–Kier alpha value is -0.749. The van der Waals surface area contributed by atoms with E-state index in [-0.39, 0.29) is 12.0 Å². The minimum absolute atomic E-state index is 0.195. The number of hydrogen-bond donors (Lipinski definition) is 1. The lowest BCUT2D eigenvalue weighted by Crippen LogP contribution is -2.43. The van der Waals surface area contributed by atoms with Gasteiger partial charge in [0, 0.05) is 5.57 Å². The van der Waals surface area contributed by atoms with Gasteiger partial charge in [-0.2, -0.15) is 0 Å². The van der Waals surface area contributed by atoms with Gasteiger partial charge in [-0.1, -0.05) is 6.08 Å². The average Bonchev–Trinajstić information content (AvgIpc) is 2.37. The molecule has 0 saturated heterocycles. The van der Waals surface area contributed by atoms with Gasteiger partial charge in [-0.15, -0.1) is 0 Å². The van der Waals surface area contributed by atoms with E-state index >= 15 is 0 Å². The number of esters is 1. The summed E-state index contributed by atoms with van der Waals surface area (Å²) >= 11 is 0. The van der Waals surface area contributed by atoms with Crippen molar-refractivity contribution in [2.75, 3.05) is 7.11 Å². The number of carbonyl (C=O) groups is 2. The first kappa shape index (κ1) is 23.3. The van der Waals surface area contributed by atoms with Gasteiger partial charge in [-0.3, -0.25) is 4.79 Å². The van der Waals surface area contributed by atoms with Crippen LogP contribution in [-0.4, -0.2) is 50.1 Å². The maximum absolute atomic E-state index is 11.6. The van der Waals surface area contributed by atoms with E-state index in [1.807, 2.05) is 0 Å². The molecule has 0 unspecified atom stereocenters. The Balaban J connectivity index is 4.69. The van der Waals surface area contributed by atoms with Crippen molar-refractivity contribution in [1.29, 1.82) is 0 Å².